The van der Waals surface area contributed by atoms with Gasteiger partial charge in [0, 0.05) is 26.1 Å². The van der Waals surface area contributed by atoms with Crippen molar-refractivity contribution in [3.8, 4) is 0 Å². The summed E-state index contributed by atoms with van der Waals surface area (Å²) in [5.74, 6) is 1.68. The molecule has 1 aromatic heterocycles. The van der Waals surface area contributed by atoms with E-state index in [4.69, 9.17) is 4.42 Å². The summed E-state index contributed by atoms with van der Waals surface area (Å²) in [6, 6.07) is 1.75. The molecule has 0 aromatic carbocycles. The molecule has 0 unspecified atom stereocenters. The number of hydrogen-bond donors (Lipinski definition) is 1. The van der Waals surface area contributed by atoms with Crippen LogP contribution < -0.4 is 5.32 Å². The standard InChI is InChI=1S/C16H26N2O3/c1-6-18(8-7-15(19)17-10-11(2)3)16(20)14-9-12(4)21-13(14)5/h9,11H,6-8,10H2,1-5H3,(H,17,19). The number of amides is 2. The summed E-state index contributed by atoms with van der Waals surface area (Å²) >= 11 is 0. The van der Waals surface area contributed by atoms with Crippen molar-refractivity contribution < 1.29 is 14.0 Å². The van der Waals surface area contributed by atoms with Crippen molar-refractivity contribution in [3.63, 3.8) is 0 Å². The quantitative estimate of drug-likeness (QED) is 0.840. The predicted octanol–water partition coefficient (Wildman–Crippen LogP) is 2.52. The van der Waals surface area contributed by atoms with Crippen LogP contribution in [0.2, 0.25) is 0 Å². The van der Waals surface area contributed by atoms with E-state index < -0.39 is 0 Å². The van der Waals surface area contributed by atoms with Crippen molar-refractivity contribution in [1.29, 1.82) is 0 Å². The lowest BCUT2D eigenvalue weighted by Crippen LogP contribution is -2.36. The van der Waals surface area contributed by atoms with Crippen LogP contribution in [0.4, 0.5) is 0 Å². The molecule has 21 heavy (non-hydrogen) atoms. The molecule has 0 fully saturated rings. The molecule has 118 valence electrons. The average Bonchev–Trinajstić information content (AvgIpc) is 2.75. The fraction of sp³-hybridized carbons (Fsp3) is 0.625. The molecule has 0 aliphatic carbocycles. The minimum Gasteiger partial charge on any atom is -0.466 e. The van der Waals surface area contributed by atoms with Gasteiger partial charge in [0.15, 0.2) is 0 Å². The summed E-state index contributed by atoms with van der Waals surface area (Å²) < 4.78 is 5.39. The molecule has 2 amide bonds. The van der Waals surface area contributed by atoms with Crippen molar-refractivity contribution in [2.75, 3.05) is 19.6 Å². The molecule has 0 aliphatic heterocycles. The average molecular weight is 294 g/mol. The van der Waals surface area contributed by atoms with Crippen LogP contribution in [0.25, 0.3) is 0 Å². The second kappa shape index (κ2) is 7.86. The molecule has 5 nitrogen and oxygen atoms in total. The normalized spacial score (nSPS) is 10.8. The van der Waals surface area contributed by atoms with Gasteiger partial charge < -0.3 is 14.6 Å². The number of furan rings is 1. The van der Waals surface area contributed by atoms with E-state index in [1.807, 2.05) is 27.7 Å². The Morgan fingerprint density at radius 1 is 1.33 bits per heavy atom. The van der Waals surface area contributed by atoms with Gasteiger partial charge in [0.1, 0.15) is 11.5 Å². The summed E-state index contributed by atoms with van der Waals surface area (Å²) in [5, 5.41) is 2.86. The van der Waals surface area contributed by atoms with Crippen molar-refractivity contribution in [1.82, 2.24) is 10.2 Å². The van der Waals surface area contributed by atoms with Gasteiger partial charge in [0.25, 0.3) is 5.91 Å². The first-order valence-electron chi connectivity index (χ1n) is 7.48. The van der Waals surface area contributed by atoms with Gasteiger partial charge in [-0.25, -0.2) is 0 Å². The second-order valence-electron chi connectivity index (χ2n) is 5.66. The van der Waals surface area contributed by atoms with Gasteiger partial charge in [-0.15, -0.1) is 0 Å². The maximum Gasteiger partial charge on any atom is 0.257 e. The Morgan fingerprint density at radius 2 is 2.00 bits per heavy atom. The highest BCUT2D eigenvalue weighted by Crippen LogP contribution is 2.16. The van der Waals surface area contributed by atoms with E-state index in [0.29, 0.717) is 43.3 Å². The van der Waals surface area contributed by atoms with E-state index in [2.05, 4.69) is 5.32 Å². The Balaban J connectivity index is 2.57. The molecule has 1 aromatic rings. The Bertz CT molecular complexity index is 492. The number of nitrogens with zero attached hydrogens (tertiary/aromatic N) is 1. The molecule has 0 spiro atoms. The number of carbonyl (C=O) groups excluding carboxylic acids is 2. The van der Waals surface area contributed by atoms with Crippen LogP contribution in [-0.2, 0) is 4.79 Å². The molecule has 5 heteroatoms. The zero-order chi connectivity index (χ0) is 16.0. The van der Waals surface area contributed by atoms with Gasteiger partial charge in [-0.2, -0.15) is 0 Å². The zero-order valence-corrected chi connectivity index (χ0v) is 13.7. The lowest BCUT2D eigenvalue weighted by atomic mass is 10.2. The second-order valence-corrected chi connectivity index (χ2v) is 5.66. The Hall–Kier alpha value is -1.78. The molecule has 0 atom stereocenters. The molecular formula is C16H26N2O3. The first-order chi connectivity index (χ1) is 9.85. The third kappa shape index (κ3) is 5.25. The maximum atomic E-state index is 12.4. The summed E-state index contributed by atoms with van der Waals surface area (Å²) in [6.07, 6.45) is 0.322. The highest BCUT2D eigenvalue weighted by Gasteiger charge is 2.19. The first kappa shape index (κ1) is 17.3. The lowest BCUT2D eigenvalue weighted by molar-refractivity contribution is -0.121. The van der Waals surface area contributed by atoms with Crippen molar-refractivity contribution in [2.45, 2.75) is 41.0 Å². The van der Waals surface area contributed by atoms with E-state index in [9.17, 15) is 9.59 Å². The Kier molecular flexibility index (Phi) is 6.46. The van der Waals surface area contributed by atoms with Gasteiger partial charge >= 0.3 is 0 Å². The molecule has 1 rings (SSSR count). The molecule has 1 heterocycles. The van der Waals surface area contributed by atoms with E-state index in [0.717, 1.165) is 5.76 Å². The van der Waals surface area contributed by atoms with E-state index in [-0.39, 0.29) is 11.8 Å². The largest absolute Gasteiger partial charge is 0.466 e. The van der Waals surface area contributed by atoms with Gasteiger partial charge in [0.2, 0.25) is 5.91 Å². The van der Waals surface area contributed by atoms with Gasteiger partial charge in [-0.3, -0.25) is 9.59 Å². The van der Waals surface area contributed by atoms with Crippen molar-refractivity contribution in [3.05, 3.63) is 23.2 Å². The van der Waals surface area contributed by atoms with Gasteiger partial charge in [-0.1, -0.05) is 13.8 Å². The fourth-order valence-corrected chi connectivity index (χ4v) is 2.06. The summed E-state index contributed by atoms with van der Waals surface area (Å²) in [7, 11) is 0. The topological polar surface area (TPSA) is 62.6 Å². The number of rotatable bonds is 7. The summed E-state index contributed by atoms with van der Waals surface area (Å²) in [6.45, 7) is 11.3. The maximum absolute atomic E-state index is 12.4. The highest BCUT2D eigenvalue weighted by molar-refractivity contribution is 5.95. The van der Waals surface area contributed by atoms with Gasteiger partial charge in [-0.05, 0) is 32.8 Å². The Morgan fingerprint density at radius 3 is 2.48 bits per heavy atom. The van der Waals surface area contributed by atoms with Crippen LogP contribution in [-0.4, -0.2) is 36.3 Å². The van der Waals surface area contributed by atoms with Crippen LogP contribution in [0.1, 0.15) is 49.1 Å². The van der Waals surface area contributed by atoms with Crippen LogP contribution in [0, 0.1) is 19.8 Å². The lowest BCUT2D eigenvalue weighted by Gasteiger charge is -2.20. The number of aryl methyl sites for hydroxylation is 2. The molecule has 1 N–H and O–H groups in total. The summed E-state index contributed by atoms with van der Waals surface area (Å²) in [5.41, 5.74) is 0.580. The third-order valence-electron chi connectivity index (χ3n) is 3.26. The first-order valence-corrected chi connectivity index (χ1v) is 7.48. The summed E-state index contributed by atoms with van der Waals surface area (Å²) in [4.78, 5) is 25.8. The number of hydrogen-bond acceptors (Lipinski definition) is 3. The predicted molar refractivity (Wildman–Crippen MR) is 82.2 cm³/mol. The van der Waals surface area contributed by atoms with E-state index in [1.165, 1.54) is 0 Å². The van der Waals surface area contributed by atoms with Crippen LogP contribution in [0.5, 0.6) is 0 Å². The number of nitrogens with one attached hydrogen (secondary N) is 1. The van der Waals surface area contributed by atoms with Crippen LogP contribution >= 0.6 is 0 Å². The van der Waals surface area contributed by atoms with Crippen LogP contribution in [0.3, 0.4) is 0 Å². The zero-order valence-electron chi connectivity index (χ0n) is 13.7. The monoisotopic (exact) mass is 294 g/mol. The minimum atomic E-state index is -0.0801. The van der Waals surface area contributed by atoms with E-state index >= 15 is 0 Å². The molecule has 0 radical (unpaired) electrons. The Labute approximate surface area is 126 Å². The van der Waals surface area contributed by atoms with Crippen molar-refractivity contribution in [2.24, 2.45) is 5.92 Å². The number of carbonyl (C=O) groups is 2. The molecule has 0 saturated heterocycles. The van der Waals surface area contributed by atoms with Crippen LogP contribution in [0.15, 0.2) is 10.5 Å². The SMILES string of the molecule is CCN(CCC(=O)NCC(C)C)C(=O)c1cc(C)oc1C. The fourth-order valence-electron chi connectivity index (χ4n) is 2.06. The third-order valence-corrected chi connectivity index (χ3v) is 3.26. The minimum absolute atomic E-state index is 0.0185. The smallest absolute Gasteiger partial charge is 0.257 e. The molecule has 0 saturated carbocycles. The van der Waals surface area contributed by atoms with E-state index in [1.54, 1.807) is 17.9 Å². The molecule has 0 aliphatic rings. The molecule has 0 bridgehead atoms. The molecular weight excluding hydrogens is 268 g/mol. The van der Waals surface area contributed by atoms with Crippen molar-refractivity contribution >= 4 is 11.8 Å². The van der Waals surface area contributed by atoms with Gasteiger partial charge in [0.05, 0.1) is 5.56 Å². The highest BCUT2D eigenvalue weighted by atomic mass is 16.3.